The van der Waals surface area contributed by atoms with E-state index in [9.17, 15) is 10.1 Å². The van der Waals surface area contributed by atoms with Crippen LogP contribution in [0.2, 0.25) is 0 Å². The molecule has 2 saturated heterocycles. The van der Waals surface area contributed by atoms with Gasteiger partial charge in [-0.25, -0.2) is 0 Å². The van der Waals surface area contributed by atoms with E-state index in [2.05, 4.69) is 16.7 Å². The van der Waals surface area contributed by atoms with Crippen LogP contribution in [0.5, 0.6) is 0 Å². The summed E-state index contributed by atoms with van der Waals surface area (Å²) in [6, 6.07) is -0.200. The number of morpholine rings is 2. The molecule has 0 aromatic rings. The molecular weight excluding hydrogens is 306 g/mol. The standard InChI is InChI=1S/C14H23N3O4S/c1-11-12(17(18)19)13(15-3-7-20-8-4-15)14(2,22-11)16-5-9-21-10-6-16/h13H,3-10H2,1-2H3/t13-,14-/m1/s1. The van der Waals surface area contributed by atoms with Crippen molar-refractivity contribution in [2.75, 3.05) is 52.6 Å². The zero-order chi connectivity index (χ0) is 15.7. The van der Waals surface area contributed by atoms with Gasteiger partial charge in [-0.1, -0.05) is 11.8 Å². The first-order valence-electron chi connectivity index (χ1n) is 7.73. The molecule has 3 aliphatic rings. The summed E-state index contributed by atoms with van der Waals surface area (Å²) in [5, 5.41) is 11.7. The van der Waals surface area contributed by atoms with Crippen LogP contribution in [0, 0.1) is 10.1 Å². The van der Waals surface area contributed by atoms with Gasteiger partial charge in [-0.15, -0.1) is 0 Å². The zero-order valence-corrected chi connectivity index (χ0v) is 13.9. The van der Waals surface area contributed by atoms with Gasteiger partial charge in [0.15, 0.2) is 0 Å². The summed E-state index contributed by atoms with van der Waals surface area (Å²) in [7, 11) is 0. The molecule has 0 aromatic heterocycles. The quantitative estimate of drug-likeness (QED) is 0.565. The van der Waals surface area contributed by atoms with Crippen LogP contribution >= 0.6 is 11.8 Å². The Balaban J connectivity index is 1.93. The highest BCUT2D eigenvalue weighted by Gasteiger charge is 2.56. The molecule has 2 atom stereocenters. The van der Waals surface area contributed by atoms with E-state index >= 15 is 0 Å². The first kappa shape index (κ1) is 16.2. The Bertz CT molecular complexity index is 475. The van der Waals surface area contributed by atoms with Crippen LogP contribution in [0.25, 0.3) is 0 Å². The highest BCUT2D eigenvalue weighted by Crippen LogP contribution is 2.50. The molecule has 3 rings (SSSR count). The third-order valence-corrected chi connectivity index (χ3v) is 6.14. The van der Waals surface area contributed by atoms with Gasteiger partial charge in [0.05, 0.1) is 41.1 Å². The maximum absolute atomic E-state index is 11.7. The first-order chi connectivity index (χ1) is 10.5. The van der Waals surface area contributed by atoms with Crippen molar-refractivity contribution >= 4 is 11.8 Å². The molecule has 0 radical (unpaired) electrons. The second-order valence-corrected chi connectivity index (χ2v) is 7.65. The molecule has 3 aliphatic heterocycles. The normalized spacial score (nSPS) is 35.1. The molecule has 0 unspecified atom stereocenters. The predicted octanol–water partition coefficient (Wildman–Crippen LogP) is 0.991. The Morgan fingerprint density at radius 1 is 1.18 bits per heavy atom. The number of nitrogens with zero attached hydrogens (tertiary/aromatic N) is 3. The van der Waals surface area contributed by atoms with Crippen LogP contribution in [-0.4, -0.2) is 78.2 Å². The third kappa shape index (κ3) is 2.78. The van der Waals surface area contributed by atoms with Crippen LogP contribution in [0.15, 0.2) is 10.6 Å². The van der Waals surface area contributed by atoms with Crippen LogP contribution in [0.3, 0.4) is 0 Å². The summed E-state index contributed by atoms with van der Waals surface area (Å²) in [6.45, 7) is 9.83. The molecule has 124 valence electrons. The number of nitro groups is 1. The van der Waals surface area contributed by atoms with E-state index in [0.29, 0.717) is 32.1 Å². The average Bonchev–Trinajstić information content (AvgIpc) is 2.81. The lowest BCUT2D eigenvalue weighted by molar-refractivity contribution is -0.435. The lowest BCUT2D eigenvalue weighted by Gasteiger charge is -2.47. The number of rotatable bonds is 3. The van der Waals surface area contributed by atoms with E-state index in [1.807, 2.05) is 6.92 Å². The zero-order valence-electron chi connectivity index (χ0n) is 13.1. The largest absolute Gasteiger partial charge is 0.379 e. The van der Waals surface area contributed by atoms with Gasteiger partial charge in [-0.05, 0) is 13.8 Å². The van der Waals surface area contributed by atoms with Crippen molar-refractivity contribution < 1.29 is 14.4 Å². The number of hydrogen-bond acceptors (Lipinski definition) is 7. The second kappa shape index (κ2) is 6.45. The van der Waals surface area contributed by atoms with Crippen molar-refractivity contribution in [3.63, 3.8) is 0 Å². The molecule has 0 N–H and O–H groups in total. The molecule has 0 saturated carbocycles. The molecular formula is C14H23N3O4S. The summed E-state index contributed by atoms with van der Waals surface area (Å²) in [5.41, 5.74) is 0.362. The third-order valence-electron chi connectivity index (χ3n) is 4.73. The van der Waals surface area contributed by atoms with Crippen LogP contribution in [0.1, 0.15) is 13.8 Å². The van der Waals surface area contributed by atoms with Gasteiger partial charge in [-0.2, -0.15) is 0 Å². The molecule has 7 nitrogen and oxygen atoms in total. The summed E-state index contributed by atoms with van der Waals surface area (Å²) >= 11 is 1.64. The fourth-order valence-corrected chi connectivity index (χ4v) is 5.28. The number of ether oxygens (including phenoxy) is 2. The number of allylic oxidation sites excluding steroid dienone is 1. The fraction of sp³-hybridized carbons (Fsp3) is 0.857. The Hall–Kier alpha value is -0.670. The molecule has 0 aromatic carbocycles. The smallest absolute Gasteiger partial charge is 0.275 e. The van der Waals surface area contributed by atoms with Crippen LogP contribution < -0.4 is 0 Å². The van der Waals surface area contributed by atoms with Crippen LogP contribution in [-0.2, 0) is 9.47 Å². The minimum absolute atomic E-state index is 0.186. The van der Waals surface area contributed by atoms with E-state index < -0.39 is 0 Å². The van der Waals surface area contributed by atoms with E-state index in [1.54, 1.807) is 11.8 Å². The second-order valence-electron chi connectivity index (χ2n) is 6.01. The van der Waals surface area contributed by atoms with Crippen molar-refractivity contribution in [3.8, 4) is 0 Å². The van der Waals surface area contributed by atoms with Gasteiger partial charge in [0.25, 0.3) is 5.70 Å². The Labute approximate surface area is 134 Å². The molecule has 0 aliphatic carbocycles. The SMILES string of the molecule is CC1=C([N+](=O)[O-])[C@@H](N2CCOCC2)[C@](C)(N2CCOCC2)S1. The highest BCUT2D eigenvalue weighted by molar-refractivity contribution is 8.04. The van der Waals surface area contributed by atoms with E-state index in [1.165, 1.54) is 0 Å². The fourth-order valence-electron chi connectivity index (χ4n) is 3.68. The van der Waals surface area contributed by atoms with Crippen molar-refractivity contribution in [2.45, 2.75) is 24.8 Å². The van der Waals surface area contributed by atoms with E-state index in [-0.39, 0.29) is 15.8 Å². The summed E-state index contributed by atoms with van der Waals surface area (Å²) in [6.07, 6.45) is 0. The molecule has 8 heteroatoms. The van der Waals surface area contributed by atoms with Crippen molar-refractivity contribution in [1.82, 2.24) is 9.80 Å². The molecule has 0 spiro atoms. The highest BCUT2D eigenvalue weighted by atomic mass is 32.2. The minimum atomic E-state index is -0.312. The molecule has 0 bridgehead atoms. The lowest BCUT2D eigenvalue weighted by atomic mass is 10.0. The Kier molecular flexibility index (Phi) is 4.75. The van der Waals surface area contributed by atoms with Gasteiger partial charge in [0.2, 0.25) is 0 Å². The van der Waals surface area contributed by atoms with Gasteiger partial charge in [-0.3, -0.25) is 19.9 Å². The molecule has 0 amide bonds. The van der Waals surface area contributed by atoms with Crippen molar-refractivity contribution in [3.05, 3.63) is 20.7 Å². The molecule has 22 heavy (non-hydrogen) atoms. The minimum Gasteiger partial charge on any atom is -0.379 e. The average molecular weight is 329 g/mol. The van der Waals surface area contributed by atoms with Crippen molar-refractivity contribution in [2.24, 2.45) is 0 Å². The topological polar surface area (TPSA) is 68.1 Å². The van der Waals surface area contributed by atoms with Crippen molar-refractivity contribution in [1.29, 1.82) is 0 Å². The molecule has 3 heterocycles. The Morgan fingerprint density at radius 3 is 2.27 bits per heavy atom. The van der Waals surface area contributed by atoms with Crippen LogP contribution in [0.4, 0.5) is 0 Å². The van der Waals surface area contributed by atoms with Gasteiger partial charge < -0.3 is 9.47 Å². The van der Waals surface area contributed by atoms with Gasteiger partial charge >= 0.3 is 0 Å². The number of thioether (sulfide) groups is 1. The monoisotopic (exact) mass is 329 g/mol. The maximum atomic E-state index is 11.7. The maximum Gasteiger partial charge on any atom is 0.275 e. The lowest BCUT2D eigenvalue weighted by Crippen LogP contribution is -2.62. The summed E-state index contributed by atoms with van der Waals surface area (Å²) < 4.78 is 10.9. The summed E-state index contributed by atoms with van der Waals surface area (Å²) in [4.78, 5) is 16.6. The van der Waals surface area contributed by atoms with Gasteiger partial charge in [0.1, 0.15) is 6.04 Å². The predicted molar refractivity (Wildman–Crippen MR) is 84.3 cm³/mol. The van der Waals surface area contributed by atoms with E-state index in [0.717, 1.165) is 31.1 Å². The molecule has 2 fully saturated rings. The van der Waals surface area contributed by atoms with Gasteiger partial charge in [0, 0.05) is 26.2 Å². The first-order valence-corrected chi connectivity index (χ1v) is 8.54. The number of hydrogen-bond donors (Lipinski definition) is 0. The Morgan fingerprint density at radius 2 is 1.73 bits per heavy atom. The summed E-state index contributed by atoms with van der Waals surface area (Å²) in [5.74, 6) is 0. The van der Waals surface area contributed by atoms with E-state index in [4.69, 9.17) is 9.47 Å².